The van der Waals surface area contributed by atoms with Crippen molar-refractivity contribution in [3.63, 3.8) is 0 Å². The van der Waals surface area contributed by atoms with Gasteiger partial charge in [0.05, 0.1) is 0 Å². The van der Waals surface area contributed by atoms with Gasteiger partial charge in [0.2, 0.25) is 5.78 Å². The van der Waals surface area contributed by atoms with Crippen LogP contribution in [0.25, 0.3) is 10.9 Å². The van der Waals surface area contributed by atoms with Crippen LogP contribution in [0.2, 0.25) is 0 Å². The summed E-state index contributed by atoms with van der Waals surface area (Å²) in [5, 5.41) is 17.9. The predicted octanol–water partition coefficient (Wildman–Crippen LogP) is 1.62. The summed E-state index contributed by atoms with van der Waals surface area (Å²) < 4.78 is 0. The van der Waals surface area contributed by atoms with Crippen LogP contribution in [0.15, 0.2) is 54.7 Å². The summed E-state index contributed by atoms with van der Waals surface area (Å²) in [7, 11) is 0. The molecule has 7 N–H and O–H groups in total. The fourth-order valence-corrected chi connectivity index (χ4v) is 2.67. The van der Waals surface area contributed by atoms with Crippen molar-refractivity contribution in [1.29, 1.82) is 0 Å². The summed E-state index contributed by atoms with van der Waals surface area (Å²) in [6.45, 7) is 0. The van der Waals surface area contributed by atoms with E-state index in [1.54, 1.807) is 30.5 Å². The number of carbonyl (C=O) groups excluding carboxylic acids is 2. The van der Waals surface area contributed by atoms with Crippen molar-refractivity contribution in [2.45, 2.75) is 18.9 Å². The van der Waals surface area contributed by atoms with Gasteiger partial charge in [-0.3, -0.25) is 14.4 Å². The second-order valence-corrected chi connectivity index (χ2v) is 6.42. The Morgan fingerprint density at radius 2 is 1.60 bits per heavy atom. The molecule has 1 atom stereocenters. The number of aliphatic carboxylic acids is 2. The van der Waals surface area contributed by atoms with Gasteiger partial charge in [-0.15, -0.1) is 0 Å². The lowest BCUT2D eigenvalue weighted by atomic mass is 10.0. The molecule has 30 heavy (non-hydrogen) atoms. The van der Waals surface area contributed by atoms with Crippen molar-refractivity contribution >= 4 is 40.1 Å². The third kappa shape index (κ3) is 5.76. The minimum Gasteiger partial charge on any atom is -0.480 e. The third-order valence-corrected chi connectivity index (χ3v) is 4.25. The maximum absolute atomic E-state index is 11.6. The molecule has 9 heteroatoms. The van der Waals surface area contributed by atoms with Crippen LogP contribution >= 0.6 is 0 Å². The topological polar surface area (TPSA) is 177 Å². The minimum absolute atomic E-state index is 0.0701. The van der Waals surface area contributed by atoms with Crippen LogP contribution in [0, 0.1) is 0 Å². The summed E-state index contributed by atoms with van der Waals surface area (Å²) >= 11 is 0. The summed E-state index contributed by atoms with van der Waals surface area (Å²) in [5.41, 5.74) is 13.1. The van der Waals surface area contributed by atoms with E-state index < -0.39 is 23.8 Å². The van der Waals surface area contributed by atoms with Crippen molar-refractivity contribution in [3.8, 4) is 0 Å². The number of Topliss-reactive ketones (excluding diaryl/α,β-unsaturated/α-hetero) is 2. The highest BCUT2D eigenvalue weighted by molar-refractivity contribution is 6.33. The minimum atomic E-state index is -1.39. The standard InChI is InChI=1S/C11H9NO3.C10H12N2O3/c13-10(11(14)15)5-7-6-12-9-4-2-1-3-8(7)9;11-7-4-2-1-3-6(7)9(13)5-8(12)10(14)15/h1-4,6,12H,5H2,(H,14,15);1-4,8H,5,11-12H2,(H,14,15)/t;8-/m.0/s1. The number of nitrogens with two attached hydrogens (primary N) is 2. The van der Waals surface area contributed by atoms with Crippen LogP contribution in [-0.2, 0) is 20.8 Å². The first-order valence-electron chi connectivity index (χ1n) is 8.88. The van der Waals surface area contributed by atoms with Crippen LogP contribution in [0.5, 0.6) is 0 Å². The van der Waals surface area contributed by atoms with E-state index in [9.17, 15) is 19.2 Å². The highest BCUT2D eigenvalue weighted by atomic mass is 16.4. The van der Waals surface area contributed by atoms with Gasteiger partial charge in [-0.05, 0) is 23.8 Å². The maximum atomic E-state index is 11.6. The molecule has 0 unspecified atom stereocenters. The second kappa shape index (κ2) is 9.99. The predicted molar refractivity (Wildman–Crippen MR) is 110 cm³/mol. The van der Waals surface area contributed by atoms with E-state index in [0.29, 0.717) is 11.3 Å². The summed E-state index contributed by atoms with van der Waals surface area (Å²) in [4.78, 5) is 46.4. The van der Waals surface area contributed by atoms with Gasteiger partial charge in [-0.25, -0.2) is 4.79 Å². The number of hydrogen-bond donors (Lipinski definition) is 5. The Kier molecular flexibility index (Phi) is 7.43. The lowest BCUT2D eigenvalue weighted by Gasteiger charge is -2.07. The SMILES string of the molecule is Nc1ccccc1C(=O)C[C@H](N)C(=O)O.O=C(O)C(=O)Cc1c[nH]c2ccccc12. The Labute approximate surface area is 171 Å². The zero-order valence-corrected chi connectivity index (χ0v) is 15.9. The number of carbonyl (C=O) groups is 4. The summed E-state index contributed by atoms with van der Waals surface area (Å²) in [6.07, 6.45) is 1.36. The number of aromatic amines is 1. The van der Waals surface area contributed by atoms with E-state index in [1.165, 1.54) is 0 Å². The number of hydrogen-bond acceptors (Lipinski definition) is 6. The molecule has 2 aromatic carbocycles. The molecule has 9 nitrogen and oxygen atoms in total. The van der Waals surface area contributed by atoms with E-state index in [2.05, 4.69) is 4.98 Å². The molecule has 0 saturated carbocycles. The first kappa shape index (κ1) is 22.3. The van der Waals surface area contributed by atoms with E-state index >= 15 is 0 Å². The van der Waals surface area contributed by atoms with Crippen LogP contribution in [-0.4, -0.2) is 44.7 Å². The van der Waals surface area contributed by atoms with Gasteiger partial charge >= 0.3 is 11.9 Å². The smallest absolute Gasteiger partial charge is 0.372 e. The zero-order valence-electron chi connectivity index (χ0n) is 15.9. The van der Waals surface area contributed by atoms with Gasteiger partial charge in [0.25, 0.3) is 0 Å². The van der Waals surface area contributed by atoms with Gasteiger partial charge in [-0.2, -0.15) is 0 Å². The summed E-state index contributed by atoms with van der Waals surface area (Å²) in [6, 6.07) is 12.8. The van der Waals surface area contributed by atoms with E-state index in [1.807, 2.05) is 24.3 Å². The number of para-hydroxylation sites is 2. The number of carboxylic acids is 2. The number of ketones is 2. The number of benzene rings is 2. The number of aromatic nitrogens is 1. The number of anilines is 1. The maximum Gasteiger partial charge on any atom is 0.372 e. The van der Waals surface area contributed by atoms with Gasteiger partial charge in [0.1, 0.15) is 6.04 Å². The normalized spacial score (nSPS) is 11.2. The Balaban J connectivity index is 0.000000214. The highest BCUT2D eigenvalue weighted by Gasteiger charge is 2.18. The number of carboxylic acid groups (broad SMARTS) is 2. The van der Waals surface area contributed by atoms with Crippen molar-refractivity contribution in [2.24, 2.45) is 5.73 Å². The quantitative estimate of drug-likeness (QED) is 0.221. The fraction of sp³-hybridized carbons (Fsp3) is 0.143. The Morgan fingerprint density at radius 1 is 0.967 bits per heavy atom. The Morgan fingerprint density at radius 3 is 2.23 bits per heavy atom. The lowest BCUT2D eigenvalue weighted by molar-refractivity contribution is -0.148. The molecule has 0 aliphatic rings. The number of rotatable bonds is 7. The highest BCUT2D eigenvalue weighted by Crippen LogP contribution is 2.18. The molecule has 3 rings (SSSR count). The van der Waals surface area contributed by atoms with E-state index in [-0.39, 0.29) is 18.6 Å². The third-order valence-electron chi connectivity index (χ3n) is 4.25. The zero-order chi connectivity index (χ0) is 22.3. The average Bonchev–Trinajstić information content (AvgIpc) is 3.11. The molecule has 156 valence electrons. The number of H-pyrrole nitrogens is 1. The molecule has 0 amide bonds. The molecular weight excluding hydrogens is 390 g/mol. The molecule has 1 aromatic heterocycles. The largest absolute Gasteiger partial charge is 0.480 e. The molecule has 0 spiro atoms. The van der Waals surface area contributed by atoms with Gasteiger partial charge in [-0.1, -0.05) is 30.3 Å². The molecule has 0 aliphatic carbocycles. The van der Waals surface area contributed by atoms with E-state index in [4.69, 9.17) is 21.7 Å². The van der Waals surface area contributed by atoms with Gasteiger partial charge in [0, 0.05) is 41.2 Å². The molecular formula is C21H21N3O6. The van der Waals surface area contributed by atoms with Gasteiger partial charge in [0.15, 0.2) is 5.78 Å². The van der Waals surface area contributed by atoms with Crippen molar-refractivity contribution < 1.29 is 29.4 Å². The fourth-order valence-electron chi connectivity index (χ4n) is 2.67. The van der Waals surface area contributed by atoms with Crippen molar-refractivity contribution in [1.82, 2.24) is 4.98 Å². The van der Waals surface area contributed by atoms with Crippen LogP contribution in [0.1, 0.15) is 22.3 Å². The Hall–Kier alpha value is -3.98. The number of nitrogen functional groups attached to an aromatic ring is 1. The van der Waals surface area contributed by atoms with E-state index in [0.717, 1.165) is 16.5 Å². The number of nitrogens with one attached hydrogen (secondary N) is 1. The molecule has 0 radical (unpaired) electrons. The summed E-state index contributed by atoms with van der Waals surface area (Å²) in [5.74, 6) is -3.74. The first-order chi connectivity index (χ1) is 14.2. The average molecular weight is 411 g/mol. The Bertz CT molecular complexity index is 1090. The second-order valence-electron chi connectivity index (χ2n) is 6.42. The molecule has 0 aliphatic heterocycles. The molecule has 0 fully saturated rings. The lowest BCUT2D eigenvalue weighted by Crippen LogP contribution is -2.32. The van der Waals surface area contributed by atoms with Crippen molar-refractivity contribution in [2.75, 3.05) is 5.73 Å². The van der Waals surface area contributed by atoms with Crippen LogP contribution in [0.4, 0.5) is 5.69 Å². The molecule has 0 saturated heterocycles. The molecule has 3 aromatic rings. The van der Waals surface area contributed by atoms with Crippen molar-refractivity contribution in [3.05, 3.63) is 65.9 Å². The first-order valence-corrected chi connectivity index (χ1v) is 8.88. The number of fused-ring (bicyclic) bond motifs is 1. The van der Waals surface area contributed by atoms with Crippen LogP contribution < -0.4 is 11.5 Å². The molecule has 0 bridgehead atoms. The molecule has 1 heterocycles. The van der Waals surface area contributed by atoms with Gasteiger partial charge < -0.3 is 26.7 Å². The monoisotopic (exact) mass is 411 g/mol. The van der Waals surface area contributed by atoms with Crippen LogP contribution in [0.3, 0.4) is 0 Å².